The average molecular weight is 421 g/mol. The number of halogens is 5. The number of carbonyl (C=O) groups is 2. The van der Waals surface area contributed by atoms with Crippen molar-refractivity contribution in [2.45, 2.75) is 18.3 Å². The molecule has 7 nitrogen and oxygen atoms in total. The van der Waals surface area contributed by atoms with Gasteiger partial charge in [-0.1, -0.05) is 17.7 Å². The highest BCUT2D eigenvalue weighted by Crippen LogP contribution is 2.32. The molecule has 0 spiro atoms. The average Bonchev–Trinajstić information content (AvgIpc) is 3.21. The van der Waals surface area contributed by atoms with Gasteiger partial charge in [0.25, 0.3) is 5.91 Å². The zero-order valence-corrected chi connectivity index (χ0v) is 14.9. The molecule has 0 unspecified atom stereocenters. The van der Waals surface area contributed by atoms with Crippen molar-refractivity contribution >= 4 is 23.6 Å². The van der Waals surface area contributed by atoms with E-state index in [0.717, 1.165) is 16.8 Å². The van der Waals surface area contributed by atoms with Gasteiger partial charge in [-0.25, -0.2) is 9.18 Å². The standard InChI is InChI=1S/C16H13ClF4N4O3/c1-25-10(5-12(24-25)16(19,20)21)13(7-2-3-9(18)8(17)4-7)23-14(26)11-6-22-15(27)28-11/h2-5,11,13H,6H2,1H3,(H,22,27)(H,23,26)/t11-,13+/m0/s1. The Morgan fingerprint density at radius 1 is 1.43 bits per heavy atom. The molecule has 12 heteroatoms. The zero-order valence-electron chi connectivity index (χ0n) is 14.2. The van der Waals surface area contributed by atoms with Crippen molar-refractivity contribution in [3.8, 4) is 0 Å². The number of amides is 2. The first-order valence-corrected chi connectivity index (χ1v) is 8.25. The van der Waals surface area contributed by atoms with Crippen LogP contribution in [-0.4, -0.2) is 34.4 Å². The van der Waals surface area contributed by atoms with E-state index in [0.29, 0.717) is 0 Å². The predicted molar refractivity (Wildman–Crippen MR) is 87.9 cm³/mol. The molecule has 1 aromatic carbocycles. The fourth-order valence-corrected chi connectivity index (χ4v) is 2.87. The minimum Gasteiger partial charge on any atom is -0.434 e. The summed E-state index contributed by atoms with van der Waals surface area (Å²) in [5, 5.41) is 7.94. The Kier molecular flexibility index (Phi) is 5.20. The molecule has 2 aromatic rings. The van der Waals surface area contributed by atoms with Crippen LogP contribution < -0.4 is 10.6 Å². The quantitative estimate of drug-likeness (QED) is 0.744. The monoisotopic (exact) mass is 420 g/mol. The maximum Gasteiger partial charge on any atom is 0.435 e. The van der Waals surface area contributed by atoms with Crippen molar-refractivity contribution in [1.82, 2.24) is 20.4 Å². The van der Waals surface area contributed by atoms with Crippen LogP contribution >= 0.6 is 11.6 Å². The molecular weight excluding hydrogens is 408 g/mol. The van der Waals surface area contributed by atoms with Gasteiger partial charge in [0.2, 0.25) is 0 Å². The SMILES string of the molecule is Cn1nc(C(F)(F)F)cc1[C@H](NC(=O)[C@@H]1CNC(=O)O1)c1ccc(F)c(Cl)c1. The van der Waals surface area contributed by atoms with E-state index in [2.05, 4.69) is 15.7 Å². The molecule has 0 bridgehead atoms. The summed E-state index contributed by atoms with van der Waals surface area (Å²) in [6.45, 7) is -0.0965. The summed E-state index contributed by atoms with van der Waals surface area (Å²) in [5.74, 6) is -1.48. The first-order valence-electron chi connectivity index (χ1n) is 7.87. The molecule has 1 aliphatic rings. The van der Waals surface area contributed by atoms with Gasteiger partial charge in [-0.15, -0.1) is 0 Å². The van der Waals surface area contributed by atoms with Gasteiger partial charge in [-0.3, -0.25) is 9.48 Å². The lowest BCUT2D eigenvalue weighted by molar-refractivity contribution is -0.141. The highest BCUT2D eigenvalue weighted by Gasteiger charge is 2.37. The van der Waals surface area contributed by atoms with Gasteiger partial charge >= 0.3 is 12.3 Å². The van der Waals surface area contributed by atoms with Crippen molar-refractivity contribution in [2.75, 3.05) is 6.54 Å². The van der Waals surface area contributed by atoms with Crippen LogP contribution in [0.3, 0.4) is 0 Å². The normalized spacial score (nSPS) is 17.8. The Balaban J connectivity index is 1.99. The van der Waals surface area contributed by atoms with Crippen LogP contribution in [0.4, 0.5) is 22.4 Å². The first-order chi connectivity index (χ1) is 13.1. The highest BCUT2D eigenvalue weighted by atomic mass is 35.5. The summed E-state index contributed by atoms with van der Waals surface area (Å²) in [5.41, 5.74) is -0.971. The smallest absolute Gasteiger partial charge is 0.434 e. The molecule has 0 saturated carbocycles. The largest absolute Gasteiger partial charge is 0.435 e. The Hall–Kier alpha value is -2.82. The van der Waals surface area contributed by atoms with E-state index < -0.39 is 41.8 Å². The fraction of sp³-hybridized carbons (Fsp3) is 0.312. The van der Waals surface area contributed by atoms with Gasteiger partial charge in [0.15, 0.2) is 11.8 Å². The van der Waals surface area contributed by atoms with Gasteiger partial charge in [0.1, 0.15) is 5.82 Å². The number of hydrogen-bond donors (Lipinski definition) is 2. The molecule has 1 saturated heterocycles. The molecular formula is C16H13ClF4N4O3. The van der Waals surface area contributed by atoms with Crippen LogP contribution in [0.2, 0.25) is 5.02 Å². The van der Waals surface area contributed by atoms with Crippen LogP contribution in [0.25, 0.3) is 0 Å². The summed E-state index contributed by atoms with van der Waals surface area (Å²) in [7, 11) is 1.27. The number of nitrogens with zero attached hydrogens (tertiary/aromatic N) is 2. The third-order valence-corrected chi connectivity index (χ3v) is 4.33. The van der Waals surface area contributed by atoms with Crippen molar-refractivity contribution in [3.63, 3.8) is 0 Å². The summed E-state index contributed by atoms with van der Waals surface area (Å²) in [4.78, 5) is 23.5. The second-order valence-electron chi connectivity index (χ2n) is 5.97. The third kappa shape index (κ3) is 4.03. The molecule has 1 fully saturated rings. The Bertz CT molecular complexity index is 931. The number of carbonyl (C=O) groups excluding carboxylic acids is 2. The molecule has 1 aromatic heterocycles. The number of nitrogens with one attached hydrogen (secondary N) is 2. The molecule has 2 amide bonds. The number of alkyl halides is 3. The minimum atomic E-state index is -4.70. The second kappa shape index (κ2) is 7.30. The maximum atomic E-state index is 13.5. The fourth-order valence-electron chi connectivity index (χ4n) is 2.68. The number of aromatic nitrogens is 2. The molecule has 150 valence electrons. The van der Waals surface area contributed by atoms with Crippen molar-refractivity contribution in [3.05, 3.63) is 52.1 Å². The molecule has 0 radical (unpaired) electrons. The lowest BCUT2D eigenvalue weighted by Gasteiger charge is -2.21. The number of alkyl carbamates (subject to hydrolysis) is 1. The van der Waals surface area contributed by atoms with E-state index in [9.17, 15) is 27.2 Å². The molecule has 3 rings (SSSR count). The topological polar surface area (TPSA) is 85.3 Å². The zero-order chi connectivity index (χ0) is 20.6. The molecule has 2 atom stereocenters. The Labute approximate surface area is 160 Å². The molecule has 2 heterocycles. The highest BCUT2D eigenvalue weighted by molar-refractivity contribution is 6.30. The van der Waals surface area contributed by atoms with Gasteiger partial charge < -0.3 is 15.4 Å². The van der Waals surface area contributed by atoms with Crippen molar-refractivity contribution in [2.24, 2.45) is 7.05 Å². The number of hydrogen-bond acceptors (Lipinski definition) is 4. The summed E-state index contributed by atoms with van der Waals surface area (Å²) < 4.78 is 58.3. The van der Waals surface area contributed by atoms with E-state index in [-0.39, 0.29) is 22.8 Å². The number of benzene rings is 1. The number of aryl methyl sites for hydroxylation is 1. The summed E-state index contributed by atoms with van der Waals surface area (Å²) in [6, 6.07) is 3.08. The Morgan fingerprint density at radius 2 is 2.14 bits per heavy atom. The molecule has 0 aliphatic carbocycles. The van der Waals surface area contributed by atoms with Crippen molar-refractivity contribution < 1.29 is 31.9 Å². The third-order valence-electron chi connectivity index (χ3n) is 4.04. The van der Waals surface area contributed by atoms with Gasteiger partial charge in [-0.2, -0.15) is 18.3 Å². The molecule has 1 aliphatic heterocycles. The molecule has 2 N–H and O–H groups in total. The van der Waals surface area contributed by atoms with E-state index in [4.69, 9.17) is 16.3 Å². The van der Waals surface area contributed by atoms with Crippen LogP contribution in [0, 0.1) is 5.82 Å². The van der Waals surface area contributed by atoms with Gasteiger partial charge in [0.05, 0.1) is 23.3 Å². The Morgan fingerprint density at radius 3 is 2.68 bits per heavy atom. The van der Waals surface area contributed by atoms with Crippen molar-refractivity contribution in [1.29, 1.82) is 0 Å². The van der Waals surface area contributed by atoms with Gasteiger partial charge in [0, 0.05) is 7.05 Å². The number of ether oxygens (including phenoxy) is 1. The predicted octanol–water partition coefficient (Wildman–Crippen LogP) is 2.55. The van der Waals surface area contributed by atoms with Crippen LogP contribution in [-0.2, 0) is 22.8 Å². The van der Waals surface area contributed by atoms with E-state index in [1.54, 1.807) is 0 Å². The van der Waals surface area contributed by atoms with Crippen LogP contribution in [0.5, 0.6) is 0 Å². The maximum absolute atomic E-state index is 13.5. The van der Waals surface area contributed by atoms with Crippen LogP contribution in [0.15, 0.2) is 24.3 Å². The minimum absolute atomic E-state index is 0.0272. The number of cyclic esters (lactones) is 1. The lowest BCUT2D eigenvalue weighted by Crippen LogP contribution is -2.40. The summed E-state index contributed by atoms with van der Waals surface area (Å²) >= 11 is 5.78. The van der Waals surface area contributed by atoms with E-state index >= 15 is 0 Å². The molecule has 28 heavy (non-hydrogen) atoms. The number of rotatable bonds is 4. The van der Waals surface area contributed by atoms with E-state index in [1.807, 2.05) is 0 Å². The first kappa shape index (κ1) is 19.9. The second-order valence-corrected chi connectivity index (χ2v) is 6.37. The van der Waals surface area contributed by atoms with Crippen LogP contribution in [0.1, 0.15) is 23.0 Å². The summed E-state index contributed by atoms with van der Waals surface area (Å²) in [6.07, 6.45) is -6.65. The van der Waals surface area contributed by atoms with E-state index in [1.165, 1.54) is 19.2 Å². The lowest BCUT2D eigenvalue weighted by atomic mass is 10.0. The van der Waals surface area contributed by atoms with Gasteiger partial charge in [-0.05, 0) is 23.8 Å².